The van der Waals surface area contributed by atoms with Crippen molar-refractivity contribution in [2.75, 3.05) is 58.9 Å². The van der Waals surface area contributed by atoms with Crippen LogP contribution in [0.3, 0.4) is 0 Å². The molecule has 2 rings (SSSR count). The van der Waals surface area contributed by atoms with E-state index in [1.165, 1.54) is 0 Å². The monoisotopic (exact) mass is 392 g/mol. The highest BCUT2D eigenvalue weighted by molar-refractivity contribution is 5.78. The second-order valence-corrected chi connectivity index (χ2v) is 7.84. The number of nitrogens with one attached hydrogen (secondary N) is 1. The van der Waals surface area contributed by atoms with Gasteiger partial charge in [0.15, 0.2) is 0 Å². The maximum absolute atomic E-state index is 12.4. The van der Waals surface area contributed by atoms with Crippen LogP contribution >= 0.6 is 0 Å². The van der Waals surface area contributed by atoms with Gasteiger partial charge in [-0.25, -0.2) is 0 Å². The molecule has 0 bridgehead atoms. The zero-order valence-corrected chi connectivity index (χ0v) is 17.3. The van der Waals surface area contributed by atoms with Crippen molar-refractivity contribution >= 4 is 5.91 Å². The fourth-order valence-corrected chi connectivity index (χ4v) is 3.51. The predicted octanol–water partition coefficient (Wildman–Crippen LogP) is -0.0160. The van der Waals surface area contributed by atoms with Gasteiger partial charge in [-0.2, -0.15) is 0 Å². The number of aliphatic hydroxyl groups excluding tert-OH is 2. The molecule has 3 N–H and O–H groups in total. The second kappa shape index (κ2) is 12.1. The van der Waals surface area contributed by atoms with Gasteiger partial charge in [-0.05, 0) is 19.4 Å². The van der Waals surface area contributed by atoms with Crippen molar-refractivity contribution in [3.05, 3.63) is 35.9 Å². The molecule has 0 saturated carbocycles. The fourth-order valence-electron chi connectivity index (χ4n) is 3.51. The first-order valence-corrected chi connectivity index (χ1v) is 10.3. The van der Waals surface area contributed by atoms with E-state index in [4.69, 9.17) is 0 Å². The summed E-state index contributed by atoms with van der Waals surface area (Å²) in [5.74, 6) is 0.0206. The van der Waals surface area contributed by atoms with E-state index in [0.29, 0.717) is 26.2 Å². The Kier molecular flexibility index (Phi) is 9.87. The van der Waals surface area contributed by atoms with Crippen LogP contribution in [0.1, 0.15) is 19.4 Å². The van der Waals surface area contributed by atoms with E-state index in [0.717, 1.165) is 44.8 Å². The normalized spacial score (nSPS) is 20.0. The van der Waals surface area contributed by atoms with Crippen molar-refractivity contribution in [1.82, 2.24) is 20.0 Å². The summed E-state index contributed by atoms with van der Waals surface area (Å²) in [4.78, 5) is 19.1. The first kappa shape index (κ1) is 22.8. The van der Waals surface area contributed by atoms with E-state index in [1.807, 2.05) is 30.3 Å². The number of β-amino-alcohol motifs (C(OH)–C–C–N with tert-alkyl or cyclic N) is 2. The lowest BCUT2D eigenvalue weighted by atomic mass is 10.2. The number of carbonyl (C=O) groups is 1. The standard InChI is InChI=1S/C21H36N4O3/c1-18(26)15-23-8-9-24(16-19(2)27)11-13-25(12-10-23)17-21(28)22-14-20-6-4-3-5-7-20/h3-7,18-19,26-27H,8-17H2,1-2H3,(H,22,28)/t18-,19-/m0/s1. The summed E-state index contributed by atoms with van der Waals surface area (Å²) in [6.45, 7) is 10.7. The minimum absolute atomic E-state index is 0.0206. The van der Waals surface area contributed by atoms with Crippen LogP contribution in [0.4, 0.5) is 0 Å². The molecule has 0 spiro atoms. The van der Waals surface area contributed by atoms with Crippen LogP contribution in [-0.2, 0) is 11.3 Å². The second-order valence-electron chi connectivity index (χ2n) is 7.84. The molecule has 1 aliphatic heterocycles. The molecule has 1 aromatic carbocycles. The third-order valence-electron chi connectivity index (χ3n) is 4.94. The molecule has 1 saturated heterocycles. The van der Waals surface area contributed by atoms with Crippen molar-refractivity contribution in [2.24, 2.45) is 0 Å². The first-order chi connectivity index (χ1) is 13.4. The number of hydrogen-bond acceptors (Lipinski definition) is 6. The van der Waals surface area contributed by atoms with Gasteiger partial charge in [0.05, 0.1) is 18.8 Å². The van der Waals surface area contributed by atoms with Crippen LogP contribution in [0.25, 0.3) is 0 Å². The van der Waals surface area contributed by atoms with Crippen LogP contribution in [0.5, 0.6) is 0 Å². The molecule has 1 aromatic rings. The van der Waals surface area contributed by atoms with Crippen LogP contribution in [0.15, 0.2) is 30.3 Å². The van der Waals surface area contributed by atoms with Gasteiger partial charge < -0.3 is 15.5 Å². The SMILES string of the molecule is C[C@H](O)CN1CCN(CC(=O)NCc2ccccc2)CCN(C[C@H](C)O)CC1. The van der Waals surface area contributed by atoms with Crippen LogP contribution in [0.2, 0.25) is 0 Å². The Hall–Kier alpha value is -1.51. The molecular formula is C21H36N4O3. The van der Waals surface area contributed by atoms with E-state index in [-0.39, 0.29) is 18.1 Å². The van der Waals surface area contributed by atoms with E-state index in [1.54, 1.807) is 13.8 Å². The number of nitrogens with zero attached hydrogens (tertiary/aromatic N) is 3. The van der Waals surface area contributed by atoms with Gasteiger partial charge in [-0.1, -0.05) is 30.3 Å². The van der Waals surface area contributed by atoms with Crippen molar-refractivity contribution in [3.63, 3.8) is 0 Å². The van der Waals surface area contributed by atoms with Crippen molar-refractivity contribution in [1.29, 1.82) is 0 Å². The van der Waals surface area contributed by atoms with Gasteiger partial charge in [0.1, 0.15) is 0 Å². The molecule has 158 valence electrons. The van der Waals surface area contributed by atoms with Crippen LogP contribution in [0, 0.1) is 0 Å². The van der Waals surface area contributed by atoms with E-state index in [2.05, 4.69) is 20.0 Å². The third-order valence-corrected chi connectivity index (χ3v) is 4.94. The Bertz CT molecular complexity index is 546. The number of aliphatic hydroxyl groups is 2. The summed E-state index contributed by atoms with van der Waals surface area (Å²) in [6, 6.07) is 9.91. The number of hydrogen-bond donors (Lipinski definition) is 3. The molecule has 0 aliphatic carbocycles. The van der Waals surface area contributed by atoms with Gasteiger partial charge in [0, 0.05) is 58.9 Å². The van der Waals surface area contributed by atoms with Gasteiger partial charge in [-0.15, -0.1) is 0 Å². The van der Waals surface area contributed by atoms with Crippen LogP contribution < -0.4 is 5.32 Å². The molecular weight excluding hydrogens is 356 g/mol. The predicted molar refractivity (Wildman–Crippen MR) is 111 cm³/mol. The minimum atomic E-state index is -0.381. The van der Waals surface area contributed by atoms with Gasteiger partial charge in [-0.3, -0.25) is 19.5 Å². The Labute approximate surface area is 168 Å². The zero-order valence-electron chi connectivity index (χ0n) is 17.3. The fraction of sp³-hybridized carbons (Fsp3) is 0.667. The molecule has 1 fully saturated rings. The van der Waals surface area contributed by atoms with E-state index in [9.17, 15) is 15.0 Å². The van der Waals surface area contributed by atoms with Crippen molar-refractivity contribution in [3.8, 4) is 0 Å². The molecule has 28 heavy (non-hydrogen) atoms. The average Bonchev–Trinajstić information content (AvgIpc) is 2.73. The molecule has 1 amide bonds. The number of amides is 1. The topological polar surface area (TPSA) is 79.3 Å². The smallest absolute Gasteiger partial charge is 0.234 e. The maximum atomic E-state index is 12.4. The summed E-state index contributed by atoms with van der Waals surface area (Å²) in [5.41, 5.74) is 1.09. The molecule has 0 aromatic heterocycles. The lowest BCUT2D eigenvalue weighted by Crippen LogP contribution is -2.43. The maximum Gasteiger partial charge on any atom is 0.234 e. The van der Waals surface area contributed by atoms with Crippen LogP contribution in [-0.4, -0.2) is 102 Å². The number of benzene rings is 1. The molecule has 1 heterocycles. The molecule has 0 radical (unpaired) electrons. The Balaban J connectivity index is 1.89. The zero-order chi connectivity index (χ0) is 20.4. The highest BCUT2D eigenvalue weighted by atomic mass is 16.3. The summed E-state index contributed by atoms with van der Waals surface area (Å²) in [7, 11) is 0. The summed E-state index contributed by atoms with van der Waals surface area (Å²) in [5, 5.41) is 22.5. The number of rotatable bonds is 8. The molecule has 0 unspecified atom stereocenters. The lowest BCUT2D eigenvalue weighted by Gasteiger charge is -2.27. The molecule has 2 atom stereocenters. The van der Waals surface area contributed by atoms with Crippen molar-refractivity contribution in [2.45, 2.75) is 32.6 Å². The Morgan fingerprint density at radius 1 is 0.893 bits per heavy atom. The quantitative estimate of drug-likeness (QED) is 0.577. The third kappa shape index (κ3) is 9.12. The van der Waals surface area contributed by atoms with E-state index < -0.39 is 0 Å². The average molecular weight is 393 g/mol. The summed E-state index contributed by atoms with van der Waals surface area (Å²) < 4.78 is 0. The van der Waals surface area contributed by atoms with Crippen molar-refractivity contribution < 1.29 is 15.0 Å². The highest BCUT2D eigenvalue weighted by Crippen LogP contribution is 2.03. The van der Waals surface area contributed by atoms with Gasteiger partial charge >= 0.3 is 0 Å². The number of carbonyl (C=O) groups excluding carboxylic acids is 1. The highest BCUT2D eigenvalue weighted by Gasteiger charge is 2.19. The molecule has 7 heteroatoms. The van der Waals surface area contributed by atoms with Gasteiger partial charge in [0.2, 0.25) is 5.91 Å². The summed E-state index contributed by atoms with van der Waals surface area (Å²) >= 11 is 0. The molecule has 1 aliphatic rings. The Morgan fingerprint density at radius 3 is 1.82 bits per heavy atom. The lowest BCUT2D eigenvalue weighted by molar-refractivity contribution is -0.122. The Morgan fingerprint density at radius 2 is 1.36 bits per heavy atom. The first-order valence-electron chi connectivity index (χ1n) is 10.3. The largest absolute Gasteiger partial charge is 0.392 e. The van der Waals surface area contributed by atoms with E-state index >= 15 is 0 Å². The minimum Gasteiger partial charge on any atom is -0.392 e. The molecule has 7 nitrogen and oxygen atoms in total. The summed E-state index contributed by atoms with van der Waals surface area (Å²) in [6.07, 6.45) is -0.762. The van der Waals surface area contributed by atoms with Gasteiger partial charge in [0.25, 0.3) is 0 Å².